The van der Waals surface area contributed by atoms with Gasteiger partial charge in [-0.25, -0.2) is 4.79 Å². The minimum Gasteiger partial charge on any atom is -0.493 e. The second kappa shape index (κ2) is 8.13. The average Bonchev–Trinajstić information content (AvgIpc) is 3.11. The zero-order chi connectivity index (χ0) is 22.2. The number of nitrogens with one attached hydrogen (secondary N) is 1. The molecule has 0 radical (unpaired) electrons. The first kappa shape index (κ1) is 21.0. The van der Waals surface area contributed by atoms with Crippen LogP contribution < -0.4 is 19.5 Å². The average molecular weight is 425 g/mol. The van der Waals surface area contributed by atoms with Gasteiger partial charge in [-0.15, -0.1) is 0 Å². The highest BCUT2D eigenvalue weighted by atomic mass is 16.6. The SMILES string of the molecule is COc1ccc(-c2cccc3c2CNC3=O)c(OC(C)(C)C(=O)OC2CCC2)c1OC. The van der Waals surface area contributed by atoms with Crippen LogP contribution in [0.3, 0.4) is 0 Å². The molecule has 1 fully saturated rings. The van der Waals surface area contributed by atoms with Crippen LogP contribution in [-0.2, 0) is 16.1 Å². The normalized spacial score (nSPS) is 15.5. The molecule has 7 heteroatoms. The van der Waals surface area contributed by atoms with Crippen molar-refractivity contribution in [2.75, 3.05) is 14.2 Å². The van der Waals surface area contributed by atoms with Gasteiger partial charge in [0.25, 0.3) is 5.91 Å². The molecule has 0 unspecified atom stereocenters. The Kier molecular flexibility index (Phi) is 5.52. The van der Waals surface area contributed by atoms with Crippen LogP contribution in [0.4, 0.5) is 0 Å². The van der Waals surface area contributed by atoms with E-state index in [0.29, 0.717) is 34.9 Å². The molecule has 1 aliphatic carbocycles. The first-order chi connectivity index (χ1) is 14.9. The van der Waals surface area contributed by atoms with Gasteiger partial charge in [0.1, 0.15) is 6.10 Å². The van der Waals surface area contributed by atoms with Crippen molar-refractivity contribution < 1.29 is 28.5 Å². The lowest BCUT2D eigenvalue weighted by Crippen LogP contribution is -2.43. The molecule has 1 aliphatic heterocycles. The van der Waals surface area contributed by atoms with Gasteiger partial charge in [0.15, 0.2) is 17.1 Å². The molecule has 1 amide bonds. The van der Waals surface area contributed by atoms with Crippen molar-refractivity contribution in [3.8, 4) is 28.4 Å². The zero-order valence-corrected chi connectivity index (χ0v) is 18.2. The van der Waals surface area contributed by atoms with Crippen molar-refractivity contribution in [1.82, 2.24) is 5.32 Å². The van der Waals surface area contributed by atoms with Gasteiger partial charge in [0.05, 0.1) is 14.2 Å². The fourth-order valence-corrected chi connectivity index (χ4v) is 3.80. The van der Waals surface area contributed by atoms with Crippen molar-refractivity contribution in [3.05, 3.63) is 41.5 Å². The third-order valence-corrected chi connectivity index (χ3v) is 5.81. The van der Waals surface area contributed by atoms with Crippen molar-refractivity contribution in [1.29, 1.82) is 0 Å². The Morgan fingerprint density at radius 3 is 2.39 bits per heavy atom. The molecule has 0 saturated heterocycles. The molecule has 7 nitrogen and oxygen atoms in total. The summed E-state index contributed by atoms with van der Waals surface area (Å²) in [4.78, 5) is 25.0. The largest absolute Gasteiger partial charge is 0.493 e. The number of hydrogen-bond donors (Lipinski definition) is 1. The number of amides is 1. The van der Waals surface area contributed by atoms with Gasteiger partial charge < -0.3 is 24.3 Å². The number of fused-ring (bicyclic) bond motifs is 1. The summed E-state index contributed by atoms with van der Waals surface area (Å²) in [5.41, 5.74) is 1.78. The zero-order valence-electron chi connectivity index (χ0n) is 18.2. The summed E-state index contributed by atoms with van der Waals surface area (Å²) in [6.07, 6.45) is 2.79. The first-order valence-corrected chi connectivity index (χ1v) is 10.4. The fourth-order valence-electron chi connectivity index (χ4n) is 3.80. The Morgan fingerprint density at radius 2 is 1.74 bits per heavy atom. The van der Waals surface area contributed by atoms with Crippen LogP contribution in [0.15, 0.2) is 30.3 Å². The van der Waals surface area contributed by atoms with Gasteiger partial charge in [-0.05, 0) is 62.4 Å². The molecular formula is C24H27NO6. The van der Waals surface area contributed by atoms with E-state index in [1.807, 2.05) is 18.2 Å². The van der Waals surface area contributed by atoms with Gasteiger partial charge in [-0.3, -0.25) is 4.79 Å². The third kappa shape index (κ3) is 3.80. The van der Waals surface area contributed by atoms with E-state index in [0.717, 1.165) is 30.4 Å². The number of carbonyl (C=O) groups is 2. The van der Waals surface area contributed by atoms with E-state index in [-0.39, 0.29) is 12.0 Å². The molecule has 1 saturated carbocycles. The molecule has 31 heavy (non-hydrogen) atoms. The molecule has 0 atom stereocenters. The van der Waals surface area contributed by atoms with Crippen LogP contribution in [0, 0.1) is 0 Å². The van der Waals surface area contributed by atoms with E-state index in [9.17, 15) is 9.59 Å². The Morgan fingerprint density at radius 1 is 1.00 bits per heavy atom. The molecule has 2 aromatic rings. The summed E-state index contributed by atoms with van der Waals surface area (Å²) in [6.45, 7) is 3.78. The number of benzene rings is 2. The number of ether oxygens (including phenoxy) is 4. The summed E-state index contributed by atoms with van der Waals surface area (Å²) in [5, 5.41) is 2.86. The maximum atomic E-state index is 12.8. The highest BCUT2D eigenvalue weighted by Crippen LogP contribution is 2.47. The lowest BCUT2D eigenvalue weighted by atomic mass is 9.95. The molecule has 0 spiro atoms. The predicted molar refractivity (Wildman–Crippen MR) is 115 cm³/mol. The van der Waals surface area contributed by atoms with Gasteiger partial charge in [-0.2, -0.15) is 0 Å². The van der Waals surface area contributed by atoms with Crippen LogP contribution >= 0.6 is 0 Å². The maximum Gasteiger partial charge on any atom is 0.350 e. The Labute approximate surface area is 181 Å². The van der Waals surface area contributed by atoms with E-state index in [1.165, 1.54) is 7.11 Å². The molecule has 0 bridgehead atoms. The van der Waals surface area contributed by atoms with Gasteiger partial charge in [-0.1, -0.05) is 12.1 Å². The van der Waals surface area contributed by atoms with Gasteiger partial charge in [0.2, 0.25) is 5.75 Å². The molecule has 2 aliphatic rings. The van der Waals surface area contributed by atoms with Crippen LogP contribution in [0.2, 0.25) is 0 Å². The summed E-state index contributed by atoms with van der Waals surface area (Å²) >= 11 is 0. The van der Waals surface area contributed by atoms with Crippen LogP contribution in [0.25, 0.3) is 11.1 Å². The lowest BCUT2D eigenvalue weighted by molar-refractivity contribution is -0.168. The number of rotatable bonds is 7. The van der Waals surface area contributed by atoms with Crippen LogP contribution in [-0.4, -0.2) is 37.8 Å². The summed E-state index contributed by atoms with van der Waals surface area (Å²) in [6, 6.07) is 9.18. The van der Waals surface area contributed by atoms with Crippen molar-refractivity contribution in [2.24, 2.45) is 0 Å². The predicted octanol–water partition coefficient (Wildman–Crippen LogP) is 3.87. The molecule has 164 valence electrons. The quantitative estimate of drug-likeness (QED) is 0.678. The third-order valence-electron chi connectivity index (χ3n) is 5.81. The Balaban J connectivity index is 1.79. The number of hydrogen-bond acceptors (Lipinski definition) is 6. The number of methoxy groups -OCH3 is 2. The molecule has 1 heterocycles. The second-order valence-corrected chi connectivity index (χ2v) is 8.26. The van der Waals surface area contributed by atoms with Crippen LogP contribution in [0.1, 0.15) is 49.0 Å². The highest BCUT2D eigenvalue weighted by Gasteiger charge is 2.37. The first-order valence-electron chi connectivity index (χ1n) is 10.4. The van der Waals surface area contributed by atoms with E-state index in [2.05, 4.69) is 5.32 Å². The number of esters is 1. The van der Waals surface area contributed by atoms with E-state index in [4.69, 9.17) is 18.9 Å². The summed E-state index contributed by atoms with van der Waals surface area (Å²) < 4.78 is 23.0. The van der Waals surface area contributed by atoms with Gasteiger partial charge >= 0.3 is 5.97 Å². The molecule has 4 rings (SSSR count). The molecule has 1 N–H and O–H groups in total. The van der Waals surface area contributed by atoms with Crippen molar-refractivity contribution in [3.63, 3.8) is 0 Å². The Bertz CT molecular complexity index is 1020. The number of carbonyl (C=O) groups excluding carboxylic acids is 2. The molecule has 2 aromatic carbocycles. The van der Waals surface area contributed by atoms with Crippen molar-refractivity contribution >= 4 is 11.9 Å². The van der Waals surface area contributed by atoms with Crippen LogP contribution in [0.5, 0.6) is 17.2 Å². The summed E-state index contributed by atoms with van der Waals surface area (Å²) in [7, 11) is 3.06. The van der Waals surface area contributed by atoms with Gasteiger partial charge in [0, 0.05) is 17.7 Å². The van der Waals surface area contributed by atoms with E-state index in [1.54, 1.807) is 33.1 Å². The van der Waals surface area contributed by atoms with E-state index >= 15 is 0 Å². The second-order valence-electron chi connectivity index (χ2n) is 8.26. The molecular weight excluding hydrogens is 398 g/mol. The fraction of sp³-hybridized carbons (Fsp3) is 0.417. The molecule has 0 aromatic heterocycles. The van der Waals surface area contributed by atoms with Crippen molar-refractivity contribution in [2.45, 2.75) is 51.4 Å². The Hall–Kier alpha value is -3.22. The maximum absolute atomic E-state index is 12.8. The smallest absolute Gasteiger partial charge is 0.350 e. The minimum absolute atomic E-state index is 0.0449. The highest BCUT2D eigenvalue weighted by molar-refractivity contribution is 6.01. The lowest BCUT2D eigenvalue weighted by Gasteiger charge is -2.32. The minimum atomic E-state index is -1.25. The summed E-state index contributed by atoms with van der Waals surface area (Å²) in [5.74, 6) is 0.683. The topological polar surface area (TPSA) is 83.1 Å². The monoisotopic (exact) mass is 425 g/mol. The van der Waals surface area contributed by atoms with E-state index < -0.39 is 11.6 Å². The standard InChI is InChI=1S/C24H27NO6/c1-24(2,23(27)30-14-7-5-8-14)31-20-16(11-12-19(28-3)21(20)29-4)15-9-6-10-17-18(15)13-25-22(17)26/h6,9-12,14H,5,7-8,13H2,1-4H3,(H,25,26).